The zero-order valence-electron chi connectivity index (χ0n) is 8.78. The van der Waals surface area contributed by atoms with Gasteiger partial charge in [0.05, 0.1) is 11.0 Å². The highest BCUT2D eigenvalue weighted by Gasteiger charge is 2.11. The fourth-order valence-corrected chi connectivity index (χ4v) is 2.14. The Morgan fingerprint density at radius 1 is 1.18 bits per heavy atom. The van der Waals surface area contributed by atoms with Crippen LogP contribution >= 0.6 is 23.7 Å². The zero-order valence-corrected chi connectivity index (χ0v) is 10.4. The molecule has 1 heterocycles. The molecule has 1 aromatic carbocycles. The number of benzene rings is 1. The molecule has 0 fully saturated rings. The van der Waals surface area contributed by atoms with Gasteiger partial charge in [-0.3, -0.25) is 10.1 Å². The minimum absolute atomic E-state index is 0. The molecule has 0 aliphatic heterocycles. The predicted octanol–water partition coefficient (Wildman–Crippen LogP) is 3.13. The molecule has 2 aromatic rings. The van der Waals surface area contributed by atoms with Gasteiger partial charge in [-0.25, -0.2) is 0 Å². The maximum absolute atomic E-state index is 10.5. The van der Waals surface area contributed by atoms with Crippen molar-refractivity contribution in [1.29, 1.82) is 0 Å². The highest BCUT2D eigenvalue weighted by molar-refractivity contribution is 7.08. The number of nitro benzene ring substituents is 1. The number of hydrogen-bond donors (Lipinski definition) is 1. The van der Waals surface area contributed by atoms with E-state index in [1.54, 1.807) is 23.5 Å². The Morgan fingerprint density at radius 3 is 2.29 bits per heavy atom. The lowest BCUT2D eigenvalue weighted by Crippen LogP contribution is -2.10. The molecular weight excluding hydrogens is 260 g/mol. The molecule has 4 nitrogen and oxygen atoms in total. The van der Waals surface area contributed by atoms with Gasteiger partial charge in [0.1, 0.15) is 0 Å². The standard InChI is InChI=1S/C11H10N2O2S.ClH/c12-11(9-5-6-16-7-9)8-1-3-10(4-2-8)13(14)15;/h1-7,11H,12H2;1H/t11-;/m1./s1. The Labute approximate surface area is 109 Å². The maximum atomic E-state index is 10.5. The van der Waals surface area contributed by atoms with E-state index in [1.165, 1.54) is 12.1 Å². The summed E-state index contributed by atoms with van der Waals surface area (Å²) in [6.07, 6.45) is 0. The lowest BCUT2D eigenvalue weighted by Gasteiger charge is -2.09. The fourth-order valence-electron chi connectivity index (χ4n) is 1.45. The van der Waals surface area contributed by atoms with Crippen molar-refractivity contribution in [2.45, 2.75) is 6.04 Å². The van der Waals surface area contributed by atoms with Crippen molar-refractivity contribution in [2.24, 2.45) is 5.73 Å². The van der Waals surface area contributed by atoms with Crippen LogP contribution in [0.4, 0.5) is 5.69 Å². The van der Waals surface area contributed by atoms with Gasteiger partial charge in [0.2, 0.25) is 0 Å². The molecule has 0 unspecified atom stereocenters. The highest BCUT2D eigenvalue weighted by atomic mass is 35.5. The molecule has 0 radical (unpaired) electrons. The van der Waals surface area contributed by atoms with Gasteiger partial charge in [-0.2, -0.15) is 11.3 Å². The molecule has 0 spiro atoms. The summed E-state index contributed by atoms with van der Waals surface area (Å²) in [5, 5.41) is 14.4. The lowest BCUT2D eigenvalue weighted by molar-refractivity contribution is -0.384. The van der Waals surface area contributed by atoms with Gasteiger partial charge < -0.3 is 5.73 Å². The second kappa shape index (κ2) is 5.77. The summed E-state index contributed by atoms with van der Waals surface area (Å²) in [6, 6.07) is 8.08. The van der Waals surface area contributed by atoms with Crippen LogP contribution in [0, 0.1) is 10.1 Å². The van der Waals surface area contributed by atoms with Crippen LogP contribution in [-0.4, -0.2) is 4.92 Å². The van der Waals surface area contributed by atoms with Gasteiger partial charge >= 0.3 is 0 Å². The number of halogens is 1. The normalized spacial score (nSPS) is 11.6. The van der Waals surface area contributed by atoms with Gasteiger partial charge in [0.15, 0.2) is 0 Å². The van der Waals surface area contributed by atoms with Crippen molar-refractivity contribution in [1.82, 2.24) is 0 Å². The number of nitrogens with zero attached hydrogens (tertiary/aromatic N) is 1. The van der Waals surface area contributed by atoms with Crippen LogP contribution in [0.3, 0.4) is 0 Å². The summed E-state index contributed by atoms with van der Waals surface area (Å²) in [6.45, 7) is 0. The third-order valence-electron chi connectivity index (χ3n) is 2.37. The van der Waals surface area contributed by atoms with Crippen LogP contribution in [0.1, 0.15) is 17.2 Å². The predicted molar refractivity (Wildman–Crippen MR) is 70.7 cm³/mol. The van der Waals surface area contributed by atoms with E-state index in [9.17, 15) is 10.1 Å². The number of rotatable bonds is 3. The van der Waals surface area contributed by atoms with Gasteiger partial charge in [0.25, 0.3) is 5.69 Å². The second-order valence-electron chi connectivity index (χ2n) is 3.38. The Bertz CT molecular complexity index is 485. The van der Waals surface area contributed by atoms with E-state index in [0.29, 0.717) is 0 Å². The monoisotopic (exact) mass is 270 g/mol. The van der Waals surface area contributed by atoms with Gasteiger partial charge in [-0.1, -0.05) is 12.1 Å². The van der Waals surface area contributed by atoms with E-state index in [1.807, 2.05) is 16.8 Å². The molecule has 6 heteroatoms. The molecule has 0 saturated carbocycles. The summed E-state index contributed by atoms with van der Waals surface area (Å²) in [5.41, 5.74) is 8.01. The van der Waals surface area contributed by atoms with E-state index in [4.69, 9.17) is 5.73 Å². The van der Waals surface area contributed by atoms with E-state index in [2.05, 4.69) is 0 Å². The third-order valence-corrected chi connectivity index (χ3v) is 3.07. The Kier molecular flexibility index (Phi) is 4.62. The third kappa shape index (κ3) is 3.03. The minimum Gasteiger partial charge on any atom is -0.320 e. The van der Waals surface area contributed by atoms with Gasteiger partial charge in [-0.15, -0.1) is 12.4 Å². The van der Waals surface area contributed by atoms with E-state index >= 15 is 0 Å². The van der Waals surface area contributed by atoms with Gasteiger partial charge in [-0.05, 0) is 28.0 Å². The molecule has 0 aliphatic rings. The molecule has 1 aromatic heterocycles. The summed E-state index contributed by atoms with van der Waals surface area (Å²) in [4.78, 5) is 10.1. The second-order valence-corrected chi connectivity index (χ2v) is 4.16. The average Bonchev–Trinajstić information content (AvgIpc) is 2.81. The highest BCUT2D eigenvalue weighted by Crippen LogP contribution is 2.23. The first-order chi connectivity index (χ1) is 7.68. The van der Waals surface area contributed by atoms with Crippen molar-refractivity contribution in [3.63, 3.8) is 0 Å². The summed E-state index contributed by atoms with van der Waals surface area (Å²) >= 11 is 1.58. The summed E-state index contributed by atoms with van der Waals surface area (Å²) in [7, 11) is 0. The minimum atomic E-state index is -0.417. The van der Waals surface area contributed by atoms with Crippen LogP contribution in [0.2, 0.25) is 0 Å². The summed E-state index contributed by atoms with van der Waals surface area (Å²) < 4.78 is 0. The van der Waals surface area contributed by atoms with E-state index in [0.717, 1.165) is 11.1 Å². The quantitative estimate of drug-likeness (QED) is 0.688. The van der Waals surface area contributed by atoms with Crippen LogP contribution in [0.5, 0.6) is 0 Å². The van der Waals surface area contributed by atoms with Crippen molar-refractivity contribution in [3.8, 4) is 0 Å². The Balaban J connectivity index is 0.00000144. The molecule has 0 saturated heterocycles. The molecule has 2 rings (SSSR count). The molecule has 90 valence electrons. The van der Waals surface area contributed by atoms with Crippen molar-refractivity contribution >= 4 is 29.4 Å². The number of non-ortho nitro benzene ring substituents is 1. The van der Waals surface area contributed by atoms with Gasteiger partial charge in [0, 0.05) is 12.1 Å². The van der Waals surface area contributed by atoms with Crippen molar-refractivity contribution < 1.29 is 4.92 Å². The zero-order chi connectivity index (χ0) is 11.5. The molecule has 1 atom stereocenters. The molecule has 0 aliphatic carbocycles. The fraction of sp³-hybridized carbons (Fsp3) is 0.0909. The largest absolute Gasteiger partial charge is 0.320 e. The average molecular weight is 271 g/mol. The number of nitro groups is 1. The molecular formula is C11H11ClN2O2S. The van der Waals surface area contributed by atoms with Crippen molar-refractivity contribution in [2.75, 3.05) is 0 Å². The molecule has 0 bridgehead atoms. The van der Waals surface area contributed by atoms with Crippen LogP contribution < -0.4 is 5.73 Å². The summed E-state index contributed by atoms with van der Waals surface area (Å²) in [5.74, 6) is 0. The number of hydrogen-bond acceptors (Lipinski definition) is 4. The van der Waals surface area contributed by atoms with Crippen LogP contribution in [0.15, 0.2) is 41.1 Å². The molecule has 0 amide bonds. The molecule has 2 N–H and O–H groups in total. The van der Waals surface area contributed by atoms with E-state index < -0.39 is 4.92 Å². The lowest BCUT2D eigenvalue weighted by atomic mass is 10.0. The first-order valence-electron chi connectivity index (χ1n) is 4.70. The number of nitrogens with two attached hydrogens (primary N) is 1. The van der Waals surface area contributed by atoms with Crippen LogP contribution in [-0.2, 0) is 0 Å². The Morgan fingerprint density at radius 2 is 1.82 bits per heavy atom. The Hall–Kier alpha value is -1.43. The maximum Gasteiger partial charge on any atom is 0.269 e. The van der Waals surface area contributed by atoms with Crippen LogP contribution in [0.25, 0.3) is 0 Å². The number of thiophene rings is 1. The topological polar surface area (TPSA) is 69.2 Å². The smallest absolute Gasteiger partial charge is 0.269 e. The van der Waals surface area contributed by atoms with E-state index in [-0.39, 0.29) is 24.1 Å². The first-order valence-corrected chi connectivity index (χ1v) is 5.65. The SMILES string of the molecule is Cl.N[C@H](c1ccc([N+](=O)[O-])cc1)c1ccsc1. The van der Waals surface area contributed by atoms with Crippen molar-refractivity contribution in [3.05, 3.63) is 62.3 Å². The molecule has 17 heavy (non-hydrogen) atoms. The first kappa shape index (κ1) is 13.6.